The van der Waals surface area contributed by atoms with Crippen LogP contribution in [-0.4, -0.2) is 35.9 Å². The van der Waals surface area contributed by atoms with E-state index >= 15 is 0 Å². The van der Waals surface area contributed by atoms with Crippen molar-refractivity contribution in [2.45, 2.75) is 38.4 Å². The minimum Gasteiger partial charge on any atom is -0.481 e. The van der Waals surface area contributed by atoms with Crippen LogP contribution >= 0.6 is 0 Å². The Balaban J connectivity index is 2.06. The molecule has 2 rings (SSSR count). The van der Waals surface area contributed by atoms with Gasteiger partial charge in [0.25, 0.3) is 0 Å². The third kappa shape index (κ3) is 1.80. The number of carbonyl (C=O) groups is 2. The molecule has 0 aromatic rings. The van der Waals surface area contributed by atoms with Gasteiger partial charge in [0.05, 0.1) is 30.7 Å². The van der Waals surface area contributed by atoms with Crippen molar-refractivity contribution in [2.75, 3.05) is 6.61 Å². The van der Waals surface area contributed by atoms with Gasteiger partial charge in [-0.3, -0.25) is 9.59 Å². The lowest BCUT2D eigenvalue weighted by Crippen LogP contribution is -2.39. The Kier molecular flexibility index (Phi) is 3.14. The summed E-state index contributed by atoms with van der Waals surface area (Å²) >= 11 is 0. The molecule has 0 radical (unpaired) electrons. The third-order valence-corrected chi connectivity index (χ3v) is 3.28. The van der Waals surface area contributed by atoms with E-state index < -0.39 is 23.8 Å². The van der Waals surface area contributed by atoms with Crippen molar-refractivity contribution in [1.29, 1.82) is 0 Å². The SMILES string of the molecule is CCCOC(=O)[C@H]1[C@@H](C(=O)O)[C@H]2CC[C@@H]1O2. The van der Waals surface area contributed by atoms with E-state index in [2.05, 4.69) is 0 Å². The molecular weight excluding hydrogens is 212 g/mol. The number of carboxylic acid groups (broad SMARTS) is 1. The molecule has 16 heavy (non-hydrogen) atoms. The molecular formula is C11H16O5. The highest BCUT2D eigenvalue weighted by molar-refractivity contribution is 5.83. The van der Waals surface area contributed by atoms with E-state index in [9.17, 15) is 9.59 Å². The zero-order chi connectivity index (χ0) is 11.7. The van der Waals surface area contributed by atoms with Gasteiger partial charge < -0.3 is 14.6 Å². The van der Waals surface area contributed by atoms with Gasteiger partial charge in [-0.25, -0.2) is 0 Å². The Hall–Kier alpha value is -1.10. The first kappa shape index (κ1) is 11.4. The lowest BCUT2D eigenvalue weighted by Gasteiger charge is -2.22. The average molecular weight is 228 g/mol. The molecule has 1 N–H and O–H groups in total. The van der Waals surface area contributed by atoms with Crippen LogP contribution in [0.2, 0.25) is 0 Å². The molecule has 2 heterocycles. The predicted octanol–water partition coefficient (Wildman–Crippen LogP) is 0.818. The summed E-state index contributed by atoms with van der Waals surface area (Å²) in [5.41, 5.74) is 0. The van der Waals surface area contributed by atoms with E-state index in [4.69, 9.17) is 14.6 Å². The fourth-order valence-electron chi connectivity index (χ4n) is 2.59. The number of hydrogen-bond donors (Lipinski definition) is 1. The molecule has 0 unspecified atom stereocenters. The molecule has 5 nitrogen and oxygen atoms in total. The van der Waals surface area contributed by atoms with Crippen LogP contribution in [0.15, 0.2) is 0 Å². The van der Waals surface area contributed by atoms with Gasteiger partial charge in [0, 0.05) is 0 Å². The highest BCUT2D eigenvalue weighted by Gasteiger charge is 2.56. The molecule has 5 heteroatoms. The van der Waals surface area contributed by atoms with Crippen LogP contribution in [0.5, 0.6) is 0 Å². The Morgan fingerprint density at radius 1 is 1.31 bits per heavy atom. The summed E-state index contributed by atoms with van der Waals surface area (Å²) < 4.78 is 10.5. The van der Waals surface area contributed by atoms with Crippen LogP contribution in [-0.2, 0) is 19.1 Å². The molecule has 2 aliphatic heterocycles. The molecule has 2 aliphatic rings. The minimum absolute atomic E-state index is 0.254. The zero-order valence-electron chi connectivity index (χ0n) is 9.22. The summed E-state index contributed by atoms with van der Waals surface area (Å²) in [7, 11) is 0. The van der Waals surface area contributed by atoms with Gasteiger partial charge in [0.1, 0.15) is 0 Å². The van der Waals surface area contributed by atoms with Crippen molar-refractivity contribution in [1.82, 2.24) is 0 Å². The van der Waals surface area contributed by atoms with E-state index in [-0.39, 0.29) is 12.2 Å². The molecule has 4 atom stereocenters. The topological polar surface area (TPSA) is 72.8 Å². The Morgan fingerprint density at radius 2 is 1.94 bits per heavy atom. The lowest BCUT2D eigenvalue weighted by molar-refractivity contribution is -0.158. The average Bonchev–Trinajstić information content (AvgIpc) is 2.84. The molecule has 0 saturated carbocycles. The smallest absolute Gasteiger partial charge is 0.312 e. The van der Waals surface area contributed by atoms with Crippen LogP contribution < -0.4 is 0 Å². The standard InChI is InChI=1S/C11H16O5/c1-2-5-15-11(14)9-7-4-3-6(16-7)8(9)10(12)13/h6-9H,2-5H2,1H3,(H,12,13)/t6-,7+,8+,9-/m1/s1. The largest absolute Gasteiger partial charge is 0.481 e. The second-order valence-corrected chi connectivity index (χ2v) is 4.35. The first-order chi connectivity index (χ1) is 7.65. The second-order valence-electron chi connectivity index (χ2n) is 4.35. The lowest BCUT2D eigenvalue weighted by atomic mass is 9.79. The van der Waals surface area contributed by atoms with Crippen LogP contribution in [0.3, 0.4) is 0 Å². The summed E-state index contributed by atoms with van der Waals surface area (Å²) in [4.78, 5) is 22.8. The van der Waals surface area contributed by atoms with Crippen LogP contribution in [0.1, 0.15) is 26.2 Å². The summed E-state index contributed by atoms with van der Waals surface area (Å²) in [6.07, 6.45) is 1.68. The number of aliphatic carboxylic acids is 1. The quantitative estimate of drug-likeness (QED) is 0.721. The van der Waals surface area contributed by atoms with Gasteiger partial charge >= 0.3 is 11.9 Å². The maximum absolute atomic E-state index is 11.7. The van der Waals surface area contributed by atoms with Gasteiger partial charge in [-0.1, -0.05) is 6.92 Å². The Bertz CT molecular complexity index is 301. The number of rotatable bonds is 4. The summed E-state index contributed by atoms with van der Waals surface area (Å²) in [6.45, 7) is 2.25. The molecule has 2 saturated heterocycles. The van der Waals surface area contributed by atoms with Gasteiger partial charge in [-0.15, -0.1) is 0 Å². The monoisotopic (exact) mass is 228 g/mol. The maximum Gasteiger partial charge on any atom is 0.312 e. The fourth-order valence-corrected chi connectivity index (χ4v) is 2.59. The molecule has 0 aromatic carbocycles. The number of carboxylic acids is 1. The number of carbonyl (C=O) groups excluding carboxylic acids is 1. The molecule has 90 valence electrons. The molecule has 2 fully saturated rings. The zero-order valence-corrected chi connectivity index (χ0v) is 9.22. The van der Waals surface area contributed by atoms with E-state index in [0.29, 0.717) is 6.61 Å². The third-order valence-electron chi connectivity index (χ3n) is 3.28. The first-order valence-corrected chi connectivity index (χ1v) is 5.70. The van der Waals surface area contributed by atoms with Gasteiger partial charge in [0.15, 0.2) is 0 Å². The molecule has 0 spiro atoms. The van der Waals surface area contributed by atoms with Crippen LogP contribution in [0.25, 0.3) is 0 Å². The van der Waals surface area contributed by atoms with Crippen LogP contribution in [0.4, 0.5) is 0 Å². The highest BCUT2D eigenvalue weighted by atomic mass is 16.5. The molecule has 0 aliphatic carbocycles. The van der Waals surface area contributed by atoms with E-state index in [0.717, 1.165) is 19.3 Å². The van der Waals surface area contributed by atoms with Crippen molar-refractivity contribution < 1.29 is 24.2 Å². The predicted molar refractivity (Wildman–Crippen MR) is 53.8 cm³/mol. The van der Waals surface area contributed by atoms with E-state index in [1.165, 1.54) is 0 Å². The maximum atomic E-state index is 11.7. The van der Waals surface area contributed by atoms with Crippen molar-refractivity contribution in [3.8, 4) is 0 Å². The van der Waals surface area contributed by atoms with Gasteiger partial charge in [0.2, 0.25) is 0 Å². The molecule has 0 aromatic heterocycles. The number of esters is 1. The van der Waals surface area contributed by atoms with E-state index in [1.54, 1.807) is 0 Å². The van der Waals surface area contributed by atoms with Gasteiger partial charge in [-0.2, -0.15) is 0 Å². The van der Waals surface area contributed by atoms with E-state index in [1.807, 2.05) is 6.92 Å². The summed E-state index contributed by atoms with van der Waals surface area (Å²) in [5, 5.41) is 9.09. The Labute approximate surface area is 93.7 Å². The normalized spacial score (nSPS) is 36.3. The number of fused-ring (bicyclic) bond motifs is 2. The molecule has 0 amide bonds. The number of hydrogen-bond acceptors (Lipinski definition) is 4. The van der Waals surface area contributed by atoms with Crippen molar-refractivity contribution >= 4 is 11.9 Å². The van der Waals surface area contributed by atoms with Crippen molar-refractivity contribution in [3.05, 3.63) is 0 Å². The fraction of sp³-hybridized carbons (Fsp3) is 0.818. The van der Waals surface area contributed by atoms with Crippen LogP contribution in [0, 0.1) is 11.8 Å². The number of ether oxygens (including phenoxy) is 2. The van der Waals surface area contributed by atoms with Crippen molar-refractivity contribution in [2.24, 2.45) is 11.8 Å². The van der Waals surface area contributed by atoms with Crippen molar-refractivity contribution in [3.63, 3.8) is 0 Å². The van der Waals surface area contributed by atoms with Gasteiger partial charge in [-0.05, 0) is 19.3 Å². The minimum atomic E-state index is -0.953. The highest BCUT2D eigenvalue weighted by Crippen LogP contribution is 2.44. The Morgan fingerprint density at radius 3 is 2.50 bits per heavy atom. The summed E-state index contributed by atoms with van der Waals surface area (Å²) in [5.74, 6) is -2.70. The second kappa shape index (κ2) is 4.41. The molecule has 2 bridgehead atoms. The first-order valence-electron chi connectivity index (χ1n) is 5.70. The summed E-state index contributed by atoms with van der Waals surface area (Å²) in [6, 6.07) is 0.